The number of hydrogen-bond donors (Lipinski definition) is 3. The second-order valence-corrected chi connectivity index (χ2v) is 21.4. The first-order valence-electron chi connectivity index (χ1n) is 31.2. The normalized spacial score (nSPS) is 12.8. The number of allylic oxidation sites excluding steroid dienone is 6. The Morgan fingerprint density at radius 2 is 0.714 bits per heavy atom. The third-order valence-corrected chi connectivity index (χ3v) is 14.4. The number of rotatable bonds is 58. The monoisotopic (exact) mass is 984 g/mol. The highest BCUT2D eigenvalue weighted by molar-refractivity contribution is 5.76. The highest BCUT2D eigenvalue weighted by atomic mass is 16.5. The van der Waals surface area contributed by atoms with Crippen LogP contribution >= 0.6 is 0 Å². The molecule has 0 aromatic carbocycles. The second-order valence-electron chi connectivity index (χ2n) is 21.4. The number of unbranched alkanes of at least 4 members (excludes halogenated alkanes) is 41. The second kappa shape index (κ2) is 59.6. The first kappa shape index (κ1) is 68.1. The summed E-state index contributed by atoms with van der Waals surface area (Å²) in [7, 11) is 0. The number of hydrogen-bond acceptors (Lipinski definition) is 5. The molecule has 0 aromatic rings. The zero-order valence-electron chi connectivity index (χ0n) is 47.0. The van der Waals surface area contributed by atoms with Gasteiger partial charge in [-0.2, -0.15) is 0 Å². The van der Waals surface area contributed by atoms with Crippen molar-refractivity contribution in [3.63, 3.8) is 0 Å². The van der Waals surface area contributed by atoms with Crippen LogP contribution in [0.15, 0.2) is 36.5 Å². The fourth-order valence-corrected chi connectivity index (χ4v) is 9.61. The van der Waals surface area contributed by atoms with Gasteiger partial charge in [-0.25, -0.2) is 0 Å². The molecular weight excluding hydrogens is 863 g/mol. The molecule has 0 aromatic heterocycles. The number of ether oxygens (including phenoxy) is 1. The molecule has 0 bridgehead atoms. The van der Waals surface area contributed by atoms with E-state index >= 15 is 0 Å². The van der Waals surface area contributed by atoms with Crippen LogP contribution in [0.25, 0.3) is 0 Å². The topological polar surface area (TPSA) is 95.9 Å². The lowest BCUT2D eigenvalue weighted by Gasteiger charge is -2.22. The molecule has 0 aliphatic rings. The molecule has 6 nitrogen and oxygen atoms in total. The van der Waals surface area contributed by atoms with E-state index in [4.69, 9.17) is 4.74 Å². The lowest BCUT2D eigenvalue weighted by atomic mass is 10.0. The molecule has 2 unspecified atom stereocenters. The zero-order chi connectivity index (χ0) is 50.7. The molecule has 0 spiro atoms. The minimum absolute atomic E-state index is 0.00702. The molecule has 6 heteroatoms. The first-order valence-corrected chi connectivity index (χ1v) is 31.2. The van der Waals surface area contributed by atoms with Gasteiger partial charge in [0.2, 0.25) is 5.91 Å². The summed E-state index contributed by atoms with van der Waals surface area (Å²) in [6.07, 6.45) is 74.3. The molecule has 0 rings (SSSR count). The molecule has 3 N–H and O–H groups in total. The summed E-state index contributed by atoms with van der Waals surface area (Å²) in [6.45, 7) is 4.94. The summed E-state index contributed by atoms with van der Waals surface area (Å²) >= 11 is 0. The first-order chi connectivity index (χ1) is 34.5. The lowest BCUT2D eigenvalue weighted by molar-refractivity contribution is -0.143. The molecular formula is C64H121NO5. The Hall–Kier alpha value is -1.92. The van der Waals surface area contributed by atoms with E-state index in [0.29, 0.717) is 25.9 Å². The molecule has 0 aliphatic heterocycles. The number of amides is 1. The number of carbonyl (C=O) groups excluding carboxylic acids is 2. The van der Waals surface area contributed by atoms with Crippen LogP contribution in [-0.4, -0.2) is 47.4 Å². The molecule has 0 saturated heterocycles. The molecule has 0 aliphatic carbocycles. The SMILES string of the molecule is CCCCCC/C=C\C/C=C\CCCCCCCC(=O)OCCCCCCCCCCC/C=C\CCCCCCCCCC(=O)NC(CO)C(O)CCCCCCCCCCCCCCCCCCC. The van der Waals surface area contributed by atoms with Gasteiger partial charge in [0, 0.05) is 12.8 Å². The molecule has 2 atom stereocenters. The number of nitrogens with one attached hydrogen (secondary N) is 1. The summed E-state index contributed by atoms with van der Waals surface area (Å²) in [5, 5.41) is 23.3. The van der Waals surface area contributed by atoms with Crippen molar-refractivity contribution in [3.8, 4) is 0 Å². The van der Waals surface area contributed by atoms with Gasteiger partial charge in [0.15, 0.2) is 0 Å². The van der Waals surface area contributed by atoms with Gasteiger partial charge in [-0.05, 0) is 83.5 Å². The maximum Gasteiger partial charge on any atom is 0.305 e. The quantitative estimate of drug-likeness (QED) is 0.0321. The van der Waals surface area contributed by atoms with Gasteiger partial charge in [0.05, 0.1) is 25.4 Å². The van der Waals surface area contributed by atoms with E-state index in [-0.39, 0.29) is 18.5 Å². The predicted octanol–water partition coefficient (Wildman–Crippen LogP) is 19.6. The van der Waals surface area contributed by atoms with E-state index < -0.39 is 12.1 Å². The summed E-state index contributed by atoms with van der Waals surface area (Å²) in [6, 6.07) is -0.549. The van der Waals surface area contributed by atoms with Crippen molar-refractivity contribution in [3.05, 3.63) is 36.5 Å². The molecule has 0 heterocycles. The molecule has 1 amide bonds. The summed E-state index contributed by atoms with van der Waals surface area (Å²) in [4.78, 5) is 24.6. The van der Waals surface area contributed by atoms with Gasteiger partial charge >= 0.3 is 5.97 Å². The van der Waals surface area contributed by atoms with Gasteiger partial charge in [0.1, 0.15) is 0 Å². The summed E-state index contributed by atoms with van der Waals surface area (Å²) in [5.74, 6) is -0.0490. The van der Waals surface area contributed by atoms with Crippen molar-refractivity contribution in [2.45, 2.75) is 347 Å². The summed E-state index contributed by atoms with van der Waals surface area (Å²) < 4.78 is 5.48. The van der Waals surface area contributed by atoms with E-state index in [1.807, 2.05) is 0 Å². The molecule has 0 saturated carbocycles. The van der Waals surface area contributed by atoms with Crippen LogP contribution < -0.4 is 5.32 Å². The Morgan fingerprint density at radius 3 is 1.11 bits per heavy atom. The van der Waals surface area contributed by atoms with E-state index in [1.54, 1.807) is 0 Å². The van der Waals surface area contributed by atoms with E-state index in [2.05, 4.69) is 55.6 Å². The summed E-state index contributed by atoms with van der Waals surface area (Å²) in [5.41, 5.74) is 0. The smallest absolute Gasteiger partial charge is 0.305 e. The van der Waals surface area contributed by atoms with Gasteiger partial charge in [-0.15, -0.1) is 0 Å². The van der Waals surface area contributed by atoms with Crippen LogP contribution in [0, 0.1) is 0 Å². The van der Waals surface area contributed by atoms with Crippen LogP contribution in [-0.2, 0) is 14.3 Å². The number of aliphatic hydroxyl groups is 2. The third kappa shape index (κ3) is 55.4. The molecule has 0 fully saturated rings. The predicted molar refractivity (Wildman–Crippen MR) is 306 cm³/mol. The largest absolute Gasteiger partial charge is 0.466 e. The Balaban J connectivity index is 3.44. The average Bonchev–Trinajstić information content (AvgIpc) is 3.36. The number of carbonyl (C=O) groups is 2. The minimum Gasteiger partial charge on any atom is -0.466 e. The fraction of sp³-hybridized carbons (Fsp3) is 0.875. The molecule has 70 heavy (non-hydrogen) atoms. The van der Waals surface area contributed by atoms with Gasteiger partial charge in [0.25, 0.3) is 0 Å². The van der Waals surface area contributed by atoms with Gasteiger partial charge in [-0.1, -0.05) is 275 Å². The molecule has 412 valence electrons. The highest BCUT2D eigenvalue weighted by Crippen LogP contribution is 2.17. The maximum absolute atomic E-state index is 12.5. The standard InChI is InChI=1S/C64H121NO5/c1-3-5-7-9-11-13-15-17-19-25-28-32-36-40-44-48-52-56-62(67)61(60-66)65-63(68)57-53-49-45-41-37-33-29-26-23-21-22-24-27-31-35-39-43-47-51-55-59-70-64(69)58-54-50-46-42-38-34-30-20-18-16-14-12-10-8-6-4-2/h14,16,20-21,23,30,61-62,66-67H,3-13,15,17-19,22,24-29,31-60H2,1-2H3,(H,65,68)/b16-14-,23-21-,30-20-. The number of aliphatic hydroxyl groups excluding tert-OH is 2. The number of esters is 1. The van der Waals surface area contributed by atoms with Crippen LogP contribution in [0.2, 0.25) is 0 Å². The van der Waals surface area contributed by atoms with Crippen molar-refractivity contribution < 1.29 is 24.5 Å². The minimum atomic E-state index is -0.671. The molecule has 0 radical (unpaired) electrons. The van der Waals surface area contributed by atoms with Crippen molar-refractivity contribution >= 4 is 11.9 Å². The van der Waals surface area contributed by atoms with Crippen LogP contribution in [0.1, 0.15) is 335 Å². The van der Waals surface area contributed by atoms with Crippen LogP contribution in [0.5, 0.6) is 0 Å². The fourth-order valence-electron chi connectivity index (χ4n) is 9.61. The Bertz CT molecular complexity index is 1130. The van der Waals surface area contributed by atoms with E-state index in [9.17, 15) is 19.8 Å². The Kier molecular flexibility index (Phi) is 58.0. The lowest BCUT2D eigenvalue weighted by Crippen LogP contribution is -2.45. The van der Waals surface area contributed by atoms with Crippen molar-refractivity contribution in [2.24, 2.45) is 0 Å². The van der Waals surface area contributed by atoms with E-state index in [1.165, 1.54) is 250 Å². The van der Waals surface area contributed by atoms with Gasteiger partial charge in [-0.3, -0.25) is 9.59 Å². The van der Waals surface area contributed by atoms with Crippen molar-refractivity contribution in [1.82, 2.24) is 5.32 Å². The zero-order valence-corrected chi connectivity index (χ0v) is 47.0. The Morgan fingerprint density at radius 1 is 0.400 bits per heavy atom. The maximum atomic E-state index is 12.5. The highest BCUT2D eigenvalue weighted by Gasteiger charge is 2.20. The Labute approximate surface area is 436 Å². The van der Waals surface area contributed by atoms with Crippen molar-refractivity contribution in [2.75, 3.05) is 13.2 Å². The average molecular weight is 985 g/mol. The van der Waals surface area contributed by atoms with Crippen LogP contribution in [0.3, 0.4) is 0 Å². The van der Waals surface area contributed by atoms with E-state index in [0.717, 1.165) is 51.4 Å². The van der Waals surface area contributed by atoms with Crippen molar-refractivity contribution in [1.29, 1.82) is 0 Å². The third-order valence-electron chi connectivity index (χ3n) is 14.4. The van der Waals surface area contributed by atoms with Crippen LogP contribution in [0.4, 0.5) is 0 Å². The van der Waals surface area contributed by atoms with Gasteiger partial charge < -0.3 is 20.3 Å².